The summed E-state index contributed by atoms with van der Waals surface area (Å²) < 4.78 is 10.4. The van der Waals surface area contributed by atoms with E-state index in [1.807, 2.05) is 20.3 Å². The molecule has 0 radical (unpaired) electrons. The van der Waals surface area contributed by atoms with Crippen LogP contribution in [0.3, 0.4) is 0 Å². The Morgan fingerprint density at radius 3 is 2.08 bits per heavy atom. The minimum Gasteiger partial charge on any atom is -0.530 e. The smallest absolute Gasteiger partial charge is 0.328 e. The molecule has 0 fully saturated rings. The predicted molar refractivity (Wildman–Crippen MR) is 155 cm³/mol. The minimum absolute atomic E-state index is 0.00136. The number of hydrogen-bond donors (Lipinski definition) is 0. The summed E-state index contributed by atoms with van der Waals surface area (Å²) in [6, 6.07) is 12.9. The first kappa shape index (κ1) is 26.2. The van der Waals surface area contributed by atoms with Crippen LogP contribution in [-0.2, 0) is 14.1 Å². The predicted octanol–water partition coefficient (Wildman–Crippen LogP) is 7.77. The zero-order valence-corrected chi connectivity index (χ0v) is 24.5. The van der Waals surface area contributed by atoms with Crippen molar-refractivity contribution in [1.29, 1.82) is 0 Å². The zero-order valence-electron chi connectivity index (χ0n) is 23.5. The fourth-order valence-corrected chi connectivity index (χ4v) is 11.5. The van der Waals surface area contributed by atoms with E-state index in [1.54, 1.807) is 9.13 Å². The van der Waals surface area contributed by atoms with Gasteiger partial charge < -0.3 is 4.43 Å². The van der Waals surface area contributed by atoms with Gasteiger partial charge in [0.05, 0.1) is 11.0 Å². The van der Waals surface area contributed by atoms with Crippen LogP contribution in [0.4, 0.5) is 0 Å². The first-order chi connectivity index (χ1) is 16.9. The largest absolute Gasteiger partial charge is 0.530 e. The molecule has 0 aliphatic heterocycles. The molecule has 2 aromatic heterocycles. The van der Waals surface area contributed by atoms with Gasteiger partial charge >= 0.3 is 5.69 Å². The van der Waals surface area contributed by atoms with E-state index in [0.717, 1.165) is 38.8 Å². The average molecular weight is 504 g/mol. The molecule has 0 unspecified atom stereocenters. The molecule has 0 N–H and O–H groups in total. The van der Waals surface area contributed by atoms with Crippen LogP contribution in [0.2, 0.25) is 16.6 Å². The number of rotatable bonds is 7. The quantitative estimate of drug-likeness (QED) is 0.242. The van der Waals surface area contributed by atoms with Gasteiger partial charge in [0.2, 0.25) is 0 Å². The van der Waals surface area contributed by atoms with Gasteiger partial charge in [-0.05, 0) is 56.8 Å². The van der Waals surface area contributed by atoms with E-state index in [-0.39, 0.29) is 11.6 Å². The highest BCUT2D eigenvalue weighted by atomic mass is 28.4. The number of imidazole rings is 1. The van der Waals surface area contributed by atoms with Crippen LogP contribution in [0.25, 0.3) is 32.9 Å². The Morgan fingerprint density at radius 2 is 1.50 bits per heavy atom. The van der Waals surface area contributed by atoms with Crippen LogP contribution >= 0.6 is 0 Å². The number of fused-ring (bicyclic) bond motifs is 2. The molecule has 0 atom stereocenters. The highest BCUT2D eigenvalue weighted by Crippen LogP contribution is 2.43. The Labute approximate surface area is 216 Å². The van der Waals surface area contributed by atoms with Crippen LogP contribution in [0, 0.1) is 0 Å². The maximum absolute atomic E-state index is 12.7. The minimum atomic E-state index is -2.09. The molecule has 192 valence electrons. The van der Waals surface area contributed by atoms with E-state index in [9.17, 15) is 4.79 Å². The van der Waals surface area contributed by atoms with Crippen molar-refractivity contribution in [1.82, 2.24) is 14.1 Å². The van der Waals surface area contributed by atoms with Gasteiger partial charge in [0, 0.05) is 31.7 Å². The van der Waals surface area contributed by atoms with E-state index in [4.69, 9.17) is 9.41 Å². The summed E-state index contributed by atoms with van der Waals surface area (Å²) in [7, 11) is 1.61. The second-order valence-electron chi connectivity index (χ2n) is 11.5. The summed E-state index contributed by atoms with van der Waals surface area (Å²) in [5, 5.41) is 2.20. The molecule has 0 saturated carbocycles. The van der Waals surface area contributed by atoms with Gasteiger partial charge in [-0.15, -0.1) is 0 Å². The first-order valence-electron chi connectivity index (χ1n) is 13.2. The van der Waals surface area contributed by atoms with E-state index in [0.29, 0.717) is 16.6 Å². The molecule has 0 saturated heterocycles. The topological polar surface area (TPSA) is 49.1 Å². The van der Waals surface area contributed by atoms with Crippen molar-refractivity contribution in [3.8, 4) is 17.0 Å². The lowest BCUT2D eigenvalue weighted by molar-refractivity contribution is 0.465. The van der Waals surface area contributed by atoms with Crippen molar-refractivity contribution in [3.63, 3.8) is 0 Å². The number of aromatic nitrogens is 3. The summed E-state index contributed by atoms with van der Waals surface area (Å²) in [5.41, 5.74) is 6.81. The third-order valence-corrected chi connectivity index (χ3v) is 14.0. The maximum Gasteiger partial charge on any atom is 0.328 e. The molecule has 0 amide bonds. The number of pyridine rings is 1. The maximum atomic E-state index is 12.7. The first-order valence-corrected chi connectivity index (χ1v) is 15.3. The lowest BCUT2D eigenvalue weighted by atomic mass is 9.93. The summed E-state index contributed by atoms with van der Waals surface area (Å²) in [5.74, 6) is 1.01. The summed E-state index contributed by atoms with van der Waals surface area (Å²) >= 11 is 0. The molecule has 4 aromatic rings. The van der Waals surface area contributed by atoms with Crippen LogP contribution in [0.5, 0.6) is 5.88 Å². The Kier molecular flexibility index (Phi) is 6.95. The third-order valence-electron chi connectivity index (χ3n) is 8.05. The van der Waals surface area contributed by atoms with Crippen molar-refractivity contribution in [2.45, 2.75) is 77.9 Å². The van der Waals surface area contributed by atoms with Crippen LogP contribution < -0.4 is 10.1 Å². The van der Waals surface area contributed by atoms with Crippen LogP contribution in [0.1, 0.15) is 66.9 Å². The molecule has 0 spiro atoms. The number of benzene rings is 2. The van der Waals surface area contributed by atoms with Gasteiger partial charge in [-0.25, -0.2) is 9.78 Å². The Hall–Kier alpha value is -2.86. The van der Waals surface area contributed by atoms with Crippen molar-refractivity contribution < 1.29 is 4.43 Å². The zero-order chi connectivity index (χ0) is 26.5. The highest BCUT2D eigenvalue weighted by Gasteiger charge is 2.47. The molecular weight excluding hydrogens is 462 g/mol. The average Bonchev–Trinajstić information content (AvgIpc) is 3.04. The number of hydrogen-bond acceptors (Lipinski definition) is 3. The van der Waals surface area contributed by atoms with E-state index >= 15 is 0 Å². The summed E-state index contributed by atoms with van der Waals surface area (Å²) in [4.78, 5) is 17.6. The molecule has 0 aliphatic carbocycles. The lowest BCUT2D eigenvalue weighted by Gasteiger charge is -2.41. The van der Waals surface area contributed by atoms with E-state index < -0.39 is 8.32 Å². The molecule has 4 rings (SSSR count). The second kappa shape index (κ2) is 9.54. The van der Waals surface area contributed by atoms with E-state index in [1.165, 1.54) is 5.56 Å². The summed E-state index contributed by atoms with van der Waals surface area (Å²) in [6.07, 6.45) is 1.96. The van der Waals surface area contributed by atoms with Crippen molar-refractivity contribution in [2.24, 2.45) is 14.1 Å². The van der Waals surface area contributed by atoms with Gasteiger partial charge in [-0.3, -0.25) is 9.13 Å². The fourth-order valence-electron chi connectivity index (χ4n) is 6.28. The number of aryl methyl sites for hydroxylation is 2. The van der Waals surface area contributed by atoms with Gasteiger partial charge in [0.15, 0.2) is 5.88 Å². The standard InChI is InChI=1S/C30H41N3O2Si/c1-18(2)25-14-23(15-27-29(25)33(10)30(34)32(27)9)24-13-11-12-22-16-28(31-17-26(22)24)35-36(19(3)4,20(5)6)21(7)8/h11-21H,1-10H3. The molecule has 2 aromatic carbocycles. The Balaban J connectivity index is 1.88. The van der Waals surface area contributed by atoms with E-state index in [2.05, 4.69) is 91.8 Å². The Morgan fingerprint density at radius 1 is 0.861 bits per heavy atom. The van der Waals surface area contributed by atoms with Gasteiger partial charge in [0.1, 0.15) is 0 Å². The van der Waals surface area contributed by atoms with Crippen molar-refractivity contribution in [3.05, 3.63) is 58.6 Å². The van der Waals surface area contributed by atoms with Gasteiger partial charge in [0.25, 0.3) is 8.32 Å². The van der Waals surface area contributed by atoms with Crippen LogP contribution in [0.15, 0.2) is 47.4 Å². The summed E-state index contributed by atoms with van der Waals surface area (Å²) in [6.45, 7) is 18.1. The second-order valence-corrected chi connectivity index (χ2v) is 16.8. The fraction of sp³-hybridized carbons (Fsp3) is 0.467. The molecule has 2 heterocycles. The molecule has 6 heteroatoms. The van der Waals surface area contributed by atoms with Crippen molar-refractivity contribution >= 4 is 30.1 Å². The normalized spacial score (nSPS) is 12.7. The van der Waals surface area contributed by atoms with Gasteiger partial charge in [-0.2, -0.15) is 0 Å². The highest BCUT2D eigenvalue weighted by molar-refractivity contribution is 6.78. The van der Waals surface area contributed by atoms with Crippen molar-refractivity contribution in [2.75, 3.05) is 0 Å². The molecule has 0 bridgehead atoms. The van der Waals surface area contributed by atoms with Gasteiger partial charge in [-0.1, -0.05) is 73.6 Å². The SMILES string of the molecule is CC(C)c1cc(-c2cccc3cc(O[Si](C(C)C)(C(C)C)C(C)C)ncc23)cc2c1n(C)c(=O)n2C. The number of nitrogens with zero attached hydrogens (tertiary/aromatic N) is 3. The third kappa shape index (κ3) is 4.09. The molecular formula is C30H41N3O2Si. The lowest BCUT2D eigenvalue weighted by Crippen LogP contribution is -2.50. The Bertz CT molecular complexity index is 1460. The monoisotopic (exact) mass is 503 g/mol. The van der Waals surface area contributed by atoms with Crippen LogP contribution in [-0.4, -0.2) is 22.4 Å². The molecule has 36 heavy (non-hydrogen) atoms. The molecule has 5 nitrogen and oxygen atoms in total. The molecule has 0 aliphatic rings.